The number of anilines is 1. The van der Waals surface area contributed by atoms with Crippen LogP contribution in [0.5, 0.6) is 5.75 Å². The Hall–Kier alpha value is -3.60. The van der Waals surface area contributed by atoms with Crippen molar-refractivity contribution in [1.29, 1.82) is 0 Å². The molecule has 0 atom stereocenters. The number of piperazine rings is 1. The summed E-state index contributed by atoms with van der Waals surface area (Å²) in [5.41, 5.74) is 4.41. The highest BCUT2D eigenvalue weighted by Crippen LogP contribution is 2.35. The predicted molar refractivity (Wildman–Crippen MR) is 166 cm³/mol. The molecule has 0 saturated carbocycles. The molecule has 9 nitrogen and oxygen atoms in total. The molecule has 4 aromatic rings. The Morgan fingerprint density at radius 3 is 2.55 bits per heavy atom. The molecule has 4 heterocycles. The van der Waals surface area contributed by atoms with Crippen LogP contribution in [-0.2, 0) is 11.2 Å². The first-order valence-corrected chi connectivity index (χ1v) is 15.4. The number of nitrogens with zero attached hydrogens (tertiary/aromatic N) is 5. The van der Waals surface area contributed by atoms with Crippen LogP contribution in [0.4, 0.5) is 5.69 Å². The van der Waals surface area contributed by atoms with E-state index in [0.717, 1.165) is 45.4 Å². The first kappa shape index (κ1) is 28.5. The minimum atomic E-state index is -0.372. The van der Waals surface area contributed by atoms with E-state index in [-0.39, 0.29) is 5.97 Å². The van der Waals surface area contributed by atoms with Crippen LogP contribution in [-0.4, -0.2) is 97.3 Å². The summed E-state index contributed by atoms with van der Waals surface area (Å²) >= 11 is 1.43. The van der Waals surface area contributed by atoms with Crippen LogP contribution in [0.3, 0.4) is 0 Å². The molecule has 0 bridgehead atoms. The third kappa shape index (κ3) is 6.11. The summed E-state index contributed by atoms with van der Waals surface area (Å²) in [6, 6.07) is 16.5. The van der Waals surface area contributed by atoms with Gasteiger partial charge in [-0.3, -0.25) is 4.90 Å². The number of hydrogen-bond acceptors (Lipinski definition) is 9. The first-order chi connectivity index (χ1) is 20.5. The van der Waals surface area contributed by atoms with Crippen LogP contribution in [0.1, 0.15) is 34.6 Å². The van der Waals surface area contributed by atoms with Crippen molar-refractivity contribution in [3.8, 4) is 5.75 Å². The maximum Gasteiger partial charge on any atom is 0.339 e. The number of carbonyl (C=O) groups excluding carboxylic acids is 1. The average Bonchev–Trinajstić information content (AvgIpc) is 3.51. The average molecular weight is 587 g/mol. The number of hydrogen-bond donors (Lipinski definition) is 1. The van der Waals surface area contributed by atoms with E-state index in [0.29, 0.717) is 23.9 Å². The quantitative estimate of drug-likeness (QED) is 0.233. The Labute approximate surface area is 251 Å². The van der Waals surface area contributed by atoms with Gasteiger partial charge in [-0.05, 0) is 44.2 Å². The predicted octanol–water partition coefficient (Wildman–Crippen LogP) is 4.71. The molecule has 0 spiro atoms. The second-order valence-electron chi connectivity index (χ2n) is 11.0. The zero-order chi connectivity index (χ0) is 29.1. The number of rotatable bonds is 8. The van der Waals surface area contributed by atoms with E-state index >= 15 is 0 Å². The standard InChI is InChI=1S/C32H38N6O3S/c1-36-16-18-38(19-17-36)23-11-14-37(15-12-23)24-9-8-22(27(21-24)40-2)20-29-34-26-10-13-33-30(26)31(35-29)42-28-7-5-4-6-25(28)32(39)41-3/h4-10,13,21,23,33H,11-12,14-20H2,1-3H3. The minimum absolute atomic E-state index is 0.372. The van der Waals surface area contributed by atoms with Gasteiger partial charge in [0.15, 0.2) is 0 Å². The Morgan fingerprint density at radius 2 is 1.79 bits per heavy atom. The summed E-state index contributed by atoms with van der Waals surface area (Å²) < 4.78 is 10.9. The van der Waals surface area contributed by atoms with Crippen LogP contribution in [0.15, 0.2) is 64.6 Å². The number of aromatic nitrogens is 3. The molecule has 1 N–H and O–H groups in total. The highest BCUT2D eigenvalue weighted by atomic mass is 32.2. The third-order valence-corrected chi connectivity index (χ3v) is 9.49. The fourth-order valence-electron chi connectivity index (χ4n) is 5.98. The lowest BCUT2D eigenvalue weighted by molar-refractivity contribution is 0.0597. The summed E-state index contributed by atoms with van der Waals surface area (Å²) in [4.78, 5) is 33.7. The van der Waals surface area contributed by atoms with Crippen molar-refractivity contribution in [3.05, 3.63) is 71.7 Å². The number of H-pyrrole nitrogens is 1. The van der Waals surface area contributed by atoms with Crippen molar-refractivity contribution in [2.45, 2.75) is 35.2 Å². The van der Waals surface area contributed by atoms with Crippen LogP contribution < -0.4 is 9.64 Å². The van der Waals surface area contributed by atoms with E-state index in [4.69, 9.17) is 19.4 Å². The van der Waals surface area contributed by atoms with E-state index < -0.39 is 0 Å². The second-order valence-corrected chi connectivity index (χ2v) is 12.0. The molecule has 10 heteroatoms. The topological polar surface area (TPSA) is 86.8 Å². The van der Waals surface area contributed by atoms with E-state index in [2.05, 4.69) is 44.9 Å². The van der Waals surface area contributed by atoms with Gasteiger partial charge >= 0.3 is 5.97 Å². The van der Waals surface area contributed by atoms with E-state index in [1.807, 2.05) is 30.5 Å². The molecule has 2 aliphatic rings. The highest BCUT2D eigenvalue weighted by Gasteiger charge is 2.27. The van der Waals surface area contributed by atoms with Gasteiger partial charge in [-0.25, -0.2) is 14.8 Å². The van der Waals surface area contributed by atoms with Gasteiger partial charge < -0.3 is 24.3 Å². The minimum Gasteiger partial charge on any atom is -0.496 e. The summed E-state index contributed by atoms with van der Waals surface area (Å²) in [5, 5.41) is 0.759. The molecule has 0 radical (unpaired) electrons. The number of benzene rings is 2. The van der Waals surface area contributed by atoms with Crippen LogP contribution >= 0.6 is 11.8 Å². The summed E-state index contributed by atoms with van der Waals surface area (Å²) in [7, 11) is 5.33. The molecule has 0 unspecified atom stereocenters. The van der Waals surface area contributed by atoms with Gasteiger partial charge in [0.25, 0.3) is 0 Å². The maximum absolute atomic E-state index is 12.4. The maximum atomic E-state index is 12.4. The van der Waals surface area contributed by atoms with Crippen molar-refractivity contribution >= 4 is 34.5 Å². The molecule has 2 aromatic heterocycles. The SMILES string of the molecule is COC(=O)c1ccccc1Sc1nc(Cc2ccc(N3CCC(N4CCN(C)CC4)CC3)cc2OC)nc2cc[nH]c12. The molecule has 2 aromatic carbocycles. The molecule has 6 rings (SSSR count). The number of nitrogens with one attached hydrogen (secondary N) is 1. The van der Waals surface area contributed by atoms with Crippen molar-refractivity contribution in [2.24, 2.45) is 0 Å². The number of esters is 1. The number of carbonyl (C=O) groups is 1. The molecule has 220 valence electrons. The van der Waals surface area contributed by atoms with Gasteiger partial charge in [0, 0.05) is 80.1 Å². The fraction of sp³-hybridized carbons (Fsp3) is 0.406. The molecule has 2 fully saturated rings. The van der Waals surface area contributed by atoms with Gasteiger partial charge in [0.2, 0.25) is 0 Å². The van der Waals surface area contributed by atoms with Gasteiger partial charge in [-0.15, -0.1) is 0 Å². The Kier molecular flexibility index (Phi) is 8.64. The molecule has 2 aliphatic heterocycles. The number of fused-ring (bicyclic) bond motifs is 1. The van der Waals surface area contributed by atoms with Crippen molar-refractivity contribution in [2.75, 3.05) is 65.4 Å². The number of ether oxygens (including phenoxy) is 2. The van der Waals surface area contributed by atoms with Gasteiger partial charge in [0.05, 0.1) is 30.8 Å². The molecular formula is C32H38N6O3S. The zero-order valence-electron chi connectivity index (χ0n) is 24.5. The summed E-state index contributed by atoms with van der Waals surface area (Å²) in [6.07, 6.45) is 4.78. The van der Waals surface area contributed by atoms with Gasteiger partial charge in [-0.1, -0.05) is 30.0 Å². The second kappa shape index (κ2) is 12.7. The largest absolute Gasteiger partial charge is 0.496 e. The lowest BCUT2D eigenvalue weighted by atomic mass is 10.0. The summed E-state index contributed by atoms with van der Waals surface area (Å²) in [6.45, 7) is 6.80. The third-order valence-electron chi connectivity index (χ3n) is 8.42. The lowest BCUT2D eigenvalue weighted by Crippen LogP contribution is -2.52. The molecule has 0 amide bonds. The normalized spacial score (nSPS) is 17.1. The Bertz CT molecular complexity index is 1540. The van der Waals surface area contributed by atoms with Crippen LogP contribution in [0, 0.1) is 0 Å². The van der Waals surface area contributed by atoms with Crippen LogP contribution in [0.2, 0.25) is 0 Å². The lowest BCUT2D eigenvalue weighted by Gasteiger charge is -2.42. The van der Waals surface area contributed by atoms with E-state index in [1.165, 1.54) is 63.6 Å². The van der Waals surface area contributed by atoms with Gasteiger partial charge in [0.1, 0.15) is 16.6 Å². The smallest absolute Gasteiger partial charge is 0.339 e. The monoisotopic (exact) mass is 586 g/mol. The molecule has 2 saturated heterocycles. The van der Waals surface area contributed by atoms with E-state index in [9.17, 15) is 4.79 Å². The fourth-order valence-corrected chi connectivity index (χ4v) is 7.01. The number of methoxy groups -OCH3 is 2. The summed E-state index contributed by atoms with van der Waals surface area (Å²) in [5.74, 6) is 1.17. The molecular weight excluding hydrogens is 548 g/mol. The Morgan fingerprint density at radius 1 is 1.00 bits per heavy atom. The van der Waals surface area contributed by atoms with E-state index in [1.54, 1.807) is 13.2 Å². The highest BCUT2D eigenvalue weighted by molar-refractivity contribution is 7.99. The zero-order valence-corrected chi connectivity index (χ0v) is 25.3. The van der Waals surface area contributed by atoms with Crippen LogP contribution in [0.25, 0.3) is 11.0 Å². The van der Waals surface area contributed by atoms with Crippen molar-refractivity contribution in [1.82, 2.24) is 24.8 Å². The Balaban J connectivity index is 1.19. The number of likely N-dealkylation sites (N-methyl/N-ethyl adjacent to an activating group) is 1. The first-order valence-electron chi connectivity index (χ1n) is 14.6. The number of piperidine rings is 1. The number of aromatic amines is 1. The molecule has 42 heavy (non-hydrogen) atoms. The van der Waals surface area contributed by atoms with Crippen molar-refractivity contribution < 1.29 is 14.3 Å². The van der Waals surface area contributed by atoms with Crippen molar-refractivity contribution in [3.63, 3.8) is 0 Å². The molecule has 0 aliphatic carbocycles. The van der Waals surface area contributed by atoms with Gasteiger partial charge in [-0.2, -0.15) is 0 Å².